The van der Waals surface area contributed by atoms with E-state index in [0.717, 1.165) is 5.56 Å². The van der Waals surface area contributed by atoms with Gasteiger partial charge < -0.3 is 20.1 Å². The number of carbonyl (C=O) groups excluding carboxylic acids is 2. The van der Waals surface area contributed by atoms with Crippen molar-refractivity contribution in [1.82, 2.24) is 9.80 Å². The highest BCUT2D eigenvalue weighted by Gasteiger charge is 2.23. The van der Waals surface area contributed by atoms with Crippen LogP contribution in [0.25, 0.3) is 0 Å². The molecule has 1 aliphatic heterocycles. The fraction of sp³-hybridized carbons (Fsp3) is 0.391. The molecule has 7 nitrogen and oxygen atoms in total. The molecule has 2 amide bonds. The molecule has 2 aromatic rings. The molecule has 1 saturated heterocycles. The highest BCUT2D eigenvalue weighted by Crippen LogP contribution is 2.26. The molecule has 31 heavy (non-hydrogen) atoms. The van der Waals surface area contributed by atoms with Gasteiger partial charge in [-0.15, -0.1) is 0 Å². The van der Waals surface area contributed by atoms with E-state index >= 15 is 0 Å². The van der Waals surface area contributed by atoms with Crippen molar-refractivity contribution in [2.75, 3.05) is 44.6 Å². The number of aliphatic hydroxyl groups is 1. The molecule has 0 bridgehead atoms. The standard InChI is InChI=1S/C23H28ClN3O4/c1-16-3-8-21(25-17(2)28)22(13-16)31-15-20(29)14-26-9-11-27(12-10-26)23(30)18-4-6-19(24)7-5-18/h3-8,13,20,29H,9-12,14-15H2,1-2H3,(H,25,28). The second kappa shape index (κ2) is 10.6. The quantitative estimate of drug-likeness (QED) is 0.684. The van der Waals surface area contributed by atoms with Crippen molar-refractivity contribution in [3.63, 3.8) is 0 Å². The Hall–Kier alpha value is -2.61. The summed E-state index contributed by atoms with van der Waals surface area (Å²) in [7, 11) is 0. The maximum Gasteiger partial charge on any atom is 0.253 e. The largest absolute Gasteiger partial charge is 0.489 e. The van der Waals surface area contributed by atoms with E-state index in [1.165, 1.54) is 6.92 Å². The van der Waals surface area contributed by atoms with Crippen molar-refractivity contribution >= 4 is 29.1 Å². The molecule has 0 spiro atoms. The number of halogens is 1. The summed E-state index contributed by atoms with van der Waals surface area (Å²) in [6.07, 6.45) is -0.691. The van der Waals surface area contributed by atoms with Crippen LogP contribution in [0, 0.1) is 6.92 Å². The minimum absolute atomic E-state index is 0.00912. The van der Waals surface area contributed by atoms with E-state index < -0.39 is 6.10 Å². The number of nitrogens with zero attached hydrogens (tertiary/aromatic N) is 2. The molecule has 0 radical (unpaired) electrons. The number of hydrogen-bond donors (Lipinski definition) is 2. The van der Waals surface area contributed by atoms with Crippen molar-refractivity contribution in [2.24, 2.45) is 0 Å². The summed E-state index contributed by atoms with van der Waals surface area (Å²) in [4.78, 5) is 27.9. The number of β-amino-alcohol motifs (C(OH)–C–C–N with tert-alkyl or cyclic N) is 1. The summed E-state index contributed by atoms with van der Waals surface area (Å²) in [6.45, 7) is 6.49. The fourth-order valence-electron chi connectivity index (χ4n) is 3.49. The Kier molecular flexibility index (Phi) is 7.90. The number of carbonyl (C=O) groups is 2. The van der Waals surface area contributed by atoms with Crippen LogP contribution in [0.3, 0.4) is 0 Å². The number of anilines is 1. The first kappa shape index (κ1) is 23.1. The van der Waals surface area contributed by atoms with Gasteiger partial charge in [0.15, 0.2) is 0 Å². The Morgan fingerprint density at radius 2 is 1.81 bits per heavy atom. The lowest BCUT2D eigenvalue weighted by Gasteiger charge is -2.35. The summed E-state index contributed by atoms with van der Waals surface area (Å²) in [5.74, 6) is 0.345. The van der Waals surface area contributed by atoms with Gasteiger partial charge in [0.25, 0.3) is 5.91 Å². The smallest absolute Gasteiger partial charge is 0.253 e. The molecule has 0 saturated carbocycles. The minimum Gasteiger partial charge on any atom is -0.489 e. The zero-order valence-electron chi connectivity index (χ0n) is 17.8. The minimum atomic E-state index is -0.691. The van der Waals surface area contributed by atoms with E-state index in [-0.39, 0.29) is 18.4 Å². The van der Waals surface area contributed by atoms with E-state index in [4.69, 9.17) is 16.3 Å². The molecule has 1 aliphatic rings. The van der Waals surface area contributed by atoms with Crippen molar-refractivity contribution in [3.05, 3.63) is 58.6 Å². The van der Waals surface area contributed by atoms with E-state index in [1.807, 2.05) is 24.0 Å². The number of aryl methyl sites for hydroxylation is 1. The monoisotopic (exact) mass is 445 g/mol. The Morgan fingerprint density at radius 3 is 2.45 bits per heavy atom. The van der Waals surface area contributed by atoms with Gasteiger partial charge in [0.05, 0.1) is 5.69 Å². The van der Waals surface area contributed by atoms with Crippen LogP contribution in [0.5, 0.6) is 5.75 Å². The molecule has 166 valence electrons. The number of amides is 2. The summed E-state index contributed by atoms with van der Waals surface area (Å²) < 4.78 is 5.78. The van der Waals surface area contributed by atoms with E-state index in [0.29, 0.717) is 54.7 Å². The molecule has 1 atom stereocenters. The molecule has 8 heteroatoms. The molecule has 1 fully saturated rings. The second-order valence-corrected chi connectivity index (χ2v) is 8.18. The van der Waals surface area contributed by atoms with Crippen molar-refractivity contribution in [1.29, 1.82) is 0 Å². The third-order valence-corrected chi connectivity index (χ3v) is 5.35. The summed E-state index contributed by atoms with van der Waals surface area (Å²) in [5, 5.41) is 13.8. The Balaban J connectivity index is 1.47. The average Bonchev–Trinajstić information content (AvgIpc) is 2.74. The SMILES string of the molecule is CC(=O)Nc1ccc(C)cc1OCC(O)CN1CCN(C(=O)c2ccc(Cl)cc2)CC1. The van der Waals surface area contributed by atoms with Gasteiger partial charge in [-0.1, -0.05) is 17.7 Å². The summed E-state index contributed by atoms with van der Waals surface area (Å²) in [6, 6.07) is 12.4. The zero-order chi connectivity index (χ0) is 22.4. The van der Waals surface area contributed by atoms with Gasteiger partial charge in [0.1, 0.15) is 18.5 Å². The summed E-state index contributed by atoms with van der Waals surface area (Å²) >= 11 is 5.89. The molecule has 0 aromatic heterocycles. The number of nitrogens with one attached hydrogen (secondary N) is 1. The first-order chi connectivity index (χ1) is 14.8. The number of aliphatic hydroxyl groups excluding tert-OH is 1. The highest BCUT2D eigenvalue weighted by molar-refractivity contribution is 6.30. The Morgan fingerprint density at radius 1 is 1.13 bits per heavy atom. The lowest BCUT2D eigenvalue weighted by Crippen LogP contribution is -2.51. The zero-order valence-corrected chi connectivity index (χ0v) is 18.6. The molecule has 1 heterocycles. The third kappa shape index (κ3) is 6.69. The van der Waals surface area contributed by atoms with Crippen LogP contribution in [-0.2, 0) is 4.79 Å². The third-order valence-electron chi connectivity index (χ3n) is 5.10. The molecular weight excluding hydrogens is 418 g/mol. The van der Waals surface area contributed by atoms with Gasteiger partial charge >= 0.3 is 0 Å². The number of benzene rings is 2. The van der Waals surface area contributed by atoms with Crippen LogP contribution in [0.15, 0.2) is 42.5 Å². The lowest BCUT2D eigenvalue weighted by atomic mass is 10.2. The molecule has 3 rings (SSSR count). The first-order valence-electron chi connectivity index (χ1n) is 10.3. The second-order valence-electron chi connectivity index (χ2n) is 7.75. The van der Waals surface area contributed by atoms with Gasteiger partial charge in [-0.3, -0.25) is 14.5 Å². The topological polar surface area (TPSA) is 82.1 Å². The molecule has 2 N–H and O–H groups in total. The normalized spacial score (nSPS) is 15.4. The number of ether oxygens (including phenoxy) is 1. The first-order valence-corrected chi connectivity index (χ1v) is 10.7. The van der Waals surface area contributed by atoms with Crippen LogP contribution >= 0.6 is 11.6 Å². The highest BCUT2D eigenvalue weighted by atomic mass is 35.5. The predicted molar refractivity (Wildman–Crippen MR) is 121 cm³/mol. The van der Waals surface area contributed by atoms with Crippen LogP contribution in [0.2, 0.25) is 5.02 Å². The van der Waals surface area contributed by atoms with Crippen LogP contribution in [0.4, 0.5) is 5.69 Å². The molecule has 1 unspecified atom stereocenters. The van der Waals surface area contributed by atoms with Gasteiger partial charge in [-0.25, -0.2) is 0 Å². The van der Waals surface area contributed by atoms with Gasteiger partial charge in [0, 0.05) is 50.2 Å². The maximum atomic E-state index is 12.6. The maximum absolute atomic E-state index is 12.6. The van der Waals surface area contributed by atoms with E-state index in [2.05, 4.69) is 10.2 Å². The van der Waals surface area contributed by atoms with Crippen LogP contribution in [0.1, 0.15) is 22.8 Å². The van der Waals surface area contributed by atoms with Crippen molar-refractivity contribution in [2.45, 2.75) is 20.0 Å². The molecule has 0 aliphatic carbocycles. The predicted octanol–water partition coefficient (Wildman–Crippen LogP) is 2.80. The Bertz CT molecular complexity index is 912. The Labute approximate surface area is 187 Å². The number of hydrogen-bond acceptors (Lipinski definition) is 5. The van der Waals surface area contributed by atoms with Crippen molar-refractivity contribution < 1.29 is 19.4 Å². The lowest BCUT2D eigenvalue weighted by molar-refractivity contribution is -0.114. The van der Waals surface area contributed by atoms with Crippen LogP contribution in [-0.4, -0.2) is 72.2 Å². The fourth-order valence-corrected chi connectivity index (χ4v) is 3.61. The van der Waals surface area contributed by atoms with Gasteiger partial charge in [-0.05, 0) is 48.9 Å². The number of piperazine rings is 1. The number of rotatable bonds is 7. The van der Waals surface area contributed by atoms with E-state index in [9.17, 15) is 14.7 Å². The van der Waals surface area contributed by atoms with Gasteiger partial charge in [0.2, 0.25) is 5.91 Å². The van der Waals surface area contributed by atoms with E-state index in [1.54, 1.807) is 30.3 Å². The van der Waals surface area contributed by atoms with Gasteiger partial charge in [-0.2, -0.15) is 0 Å². The average molecular weight is 446 g/mol. The van der Waals surface area contributed by atoms with Crippen LogP contribution < -0.4 is 10.1 Å². The van der Waals surface area contributed by atoms with Crippen molar-refractivity contribution in [3.8, 4) is 5.75 Å². The molecule has 2 aromatic carbocycles. The summed E-state index contributed by atoms with van der Waals surface area (Å²) in [5.41, 5.74) is 2.21. The molecular formula is C23H28ClN3O4.